The molecule has 0 fully saturated rings. The second-order valence-electron chi connectivity index (χ2n) is 5.00. The summed E-state index contributed by atoms with van der Waals surface area (Å²) in [6.07, 6.45) is 4.45. The molecule has 0 saturated heterocycles. The van der Waals surface area contributed by atoms with Gasteiger partial charge in [0.25, 0.3) is 0 Å². The minimum absolute atomic E-state index is 0.171. The van der Waals surface area contributed by atoms with Crippen molar-refractivity contribution in [2.75, 3.05) is 0 Å². The van der Waals surface area contributed by atoms with Crippen LogP contribution in [0.4, 0.5) is 0 Å². The fourth-order valence-corrected chi connectivity index (χ4v) is 1.39. The SMILES string of the molecule is CCCC(CCC)NC(=O)C(C)(C)C. The van der Waals surface area contributed by atoms with Gasteiger partial charge in [-0.3, -0.25) is 4.79 Å². The van der Waals surface area contributed by atoms with E-state index in [9.17, 15) is 4.79 Å². The monoisotopic (exact) mass is 199 g/mol. The van der Waals surface area contributed by atoms with Crippen molar-refractivity contribution in [3.8, 4) is 0 Å². The van der Waals surface area contributed by atoms with Crippen molar-refractivity contribution in [3.63, 3.8) is 0 Å². The Hall–Kier alpha value is -0.530. The molecule has 0 saturated carbocycles. The average Bonchev–Trinajstić information content (AvgIpc) is 2.03. The van der Waals surface area contributed by atoms with Crippen molar-refractivity contribution in [1.82, 2.24) is 5.32 Å². The summed E-state index contributed by atoms with van der Waals surface area (Å²) in [5.41, 5.74) is -0.264. The van der Waals surface area contributed by atoms with Crippen LogP contribution in [0.5, 0.6) is 0 Å². The zero-order chi connectivity index (χ0) is 11.2. The summed E-state index contributed by atoms with van der Waals surface area (Å²) in [6, 6.07) is 0.372. The van der Waals surface area contributed by atoms with E-state index in [4.69, 9.17) is 0 Å². The molecule has 84 valence electrons. The van der Waals surface area contributed by atoms with Crippen LogP contribution in [-0.4, -0.2) is 11.9 Å². The van der Waals surface area contributed by atoms with Gasteiger partial charge in [0.1, 0.15) is 0 Å². The lowest BCUT2D eigenvalue weighted by molar-refractivity contribution is -0.129. The maximum absolute atomic E-state index is 11.7. The van der Waals surface area contributed by atoms with Gasteiger partial charge in [-0.15, -0.1) is 0 Å². The molecule has 0 aliphatic heterocycles. The van der Waals surface area contributed by atoms with Gasteiger partial charge in [0.15, 0.2) is 0 Å². The van der Waals surface area contributed by atoms with Gasteiger partial charge < -0.3 is 5.32 Å². The van der Waals surface area contributed by atoms with E-state index in [-0.39, 0.29) is 11.3 Å². The quantitative estimate of drug-likeness (QED) is 0.724. The number of carbonyl (C=O) groups is 1. The number of hydrogen-bond donors (Lipinski definition) is 1. The topological polar surface area (TPSA) is 29.1 Å². The minimum atomic E-state index is -0.264. The highest BCUT2D eigenvalue weighted by molar-refractivity contribution is 5.81. The highest BCUT2D eigenvalue weighted by atomic mass is 16.2. The first-order valence-electron chi connectivity index (χ1n) is 5.72. The Morgan fingerprint density at radius 3 is 1.86 bits per heavy atom. The van der Waals surface area contributed by atoms with Gasteiger partial charge in [-0.05, 0) is 12.8 Å². The van der Waals surface area contributed by atoms with Crippen LogP contribution in [0.25, 0.3) is 0 Å². The maximum atomic E-state index is 11.7. The van der Waals surface area contributed by atoms with E-state index in [0.717, 1.165) is 25.7 Å². The molecule has 0 heterocycles. The summed E-state index contributed by atoms with van der Waals surface area (Å²) in [6.45, 7) is 10.2. The molecule has 0 radical (unpaired) electrons. The molecule has 0 aromatic carbocycles. The summed E-state index contributed by atoms with van der Waals surface area (Å²) >= 11 is 0. The predicted molar refractivity (Wildman–Crippen MR) is 61.2 cm³/mol. The standard InChI is InChI=1S/C12H25NO/c1-6-8-10(9-7-2)13-11(14)12(3,4)5/h10H,6-9H2,1-5H3,(H,13,14). The first-order chi connectivity index (χ1) is 6.41. The molecule has 0 unspecified atom stereocenters. The van der Waals surface area contributed by atoms with Gasteiger partial charge in [0.05, 0.1) is 0 Å². The normalized spacial score (nSPS) is 11.9. The maximum Gasteiger partial charge on any atom is 0.225 e. The van der Waals surface area contributed by atoms with Gasteiger partial charge in [-0.1, -0.05) is 47.5 Å². The molecule has 1 amide bonds. The zero-order valence-corrected chi connectivity index (χ0v) is 10.3. The molecular weight excluding hydrogens is 174 g/mol. The van der Waals surface area contributed by atoms with Crippen molar-refractivity contribution >= 4 is 5.91 Å². The van der Waals surface area contributed by atoms with Crippen molar-refractivity contribution in [1.29, 1.82) is 0 Å². The van der Waals surface area contributed by atoms with Crippen LogP contribution in [0.15, 0.2) is 0 Å². The van der Waals surface area contributed by atoms with Crippen LogP contribution in [0.3, 0.4) is 0 Å². The van der Waals surface area contributed by atoms with Gasteiger partial charge in [-0.25, -0.2) is 0 Å². The third-order valence-corrected chi connectivity index (χ3v) is 2.29. The molecule has 0 atom stereocenters. The number of carbonyl (C=O) groups excluding carboxylic acids is 1. The smallest absolute Gasteiger partial charge is 0.225 e. The lowest BCUT2D eigenvalue weighted by Crippen LogP contribution is -2.41. The molecule has 0 aromatic heterocycles. The van der Waals surface area contributed by atoms with E-state index in [2.05, 4.69) is 19.2 Å². The van der Waals surface area contributed by atoms with Gasteiger partial charge in [-0.2, -0.15) is 0 Å². The number of hydrogen-bond acceptors (Lipinski definition) is 1. The molecule has 0 aliphatic rings. The summed E-state index contributed by atoms with van der Waals surface area (Å²) in [7, 11) is 0. The largest absolute Gasteiger partial charge is 0.353 e. The van der Waals surface area contributed by atoms with E-state index >= 15 is 0 Å². The molecule has 0 rings (SSSR count). The molecular formula is C12H25NO. The van der Waals surface area contributed by atoms with E-state index in [0.29, 0.717) is 6.04 Å². The highest BCUT2D eigenvalue weighted by Gasteiger charge is 2.23. The number of nitrogens with one attached hydrogen (secondary N) is 1. The van der Waals surface area contributed by atoms with Crippen LogP contribution in [0.2, 0.25) is 0 Å². The number of amides is 1. The van der Waals surface area contributed by atoms with Crippen molar-refractivity contribution in [2.24, 2.45) is 5.41 Å². The zero-order valence-electron chi connectivity index (χ0n) is 10.3. The molecule has 0 aromatic rings. The van der Waals surface area contributed by atoms with Crippen molar-refractivity contribution in [3.05, 3.63) is 0 Å². The summed E-state index contributed by atoms with van der Waals surface area (Å²) in [5, 5.41) is 3.12. The lowest BCUT2D eigenvalue weighted by atomic mass is 9.94. The Morgan fingerprint density at radius 1 is 1.14 bits per heavy atom. The Kier molecular flexibility index (Phi) is 5.82. The van der Waals surface area contributed by atoms with E-state index in [1.54, 1.807) is 0 Å². The van der Waals surface area contributed by atoms with Gasteiger partial charge in [0.2, 0.25) is 5.91 Å². The van der Waals surface area contributed by atoms with Crippen LogP contribution in [-0.2, 0) is 4.79 Å². The lowest BCUT2D eigenvalue weighted by Gasteiger charge is -2.23. The Balaban J connectivity index is 4.08. The fraction of sp³-hybridized carbons (Fsp3) is 0.917. The third kappa shape index (κ3) is 5.25. The molecule has 14 heavy (non-hydrogen) atoms. The summed E-state index contributed by atoms with van der Waals surface area (Å²) < 4.78 is 0. The first kappa shape index (κ1) is 13.5. The van der Waals surface area contributed by atoms with Crippen molar-refractivity contribution in [2.45, 2.75) is 66.3 Å². The van der Waals surface area contributed by atoms with Crippen LogP contribution in [0.1, 0.15) is 60.3 Å². The average molecular weight is 199 g/mol. The van der Waals surface area contributed by atoms with Gasteiger partial charge in [0, 0.05) is 11.5 Å². The van der Waals surface area contributed by atoms with E-state index in [1.807, 2.05) is 20.8 Å². The molecule has 2 nitrogen and oxygen atoms in total. The fourth-order valence-electron chi connectivity index (χ4n) is 1.39. The Morgan fingerprint density at radius 2 is 1.57 bits per heavy atom. The van der Waals surface area contributed by atoms with E-state index in [1.165, 1.54) is 0 Å². The Bertz CT molecular complexity index is 164. The Labute approximate surface area is 88.5 Å². The molecule has 0 bridgehead atoms. The number of rotatable bonds is 5. The summed E-state index contributed by atoms with van der Waals surface area (Å²) in [5.74, 6) is 0.171. The van der Waals surface area contributed by atoms with Gasteiger partial charge >= 0.3 is 0 Å². The molecule has 2 heteroatoms. The molecule has 1 N–H and O–H groups in total. The molecule has 0 aliphatic carbocycles. The minimum Gasteiger partial charge on any atom is -0.353 e. The van der Waals surface area contributed by atoms with Crippen LogP contribution >= 0.6 is 0 Å². The van der Waals surface area contributed by atoms with Crippen molar-refractivity contribution < 1.29 is 4.79 Å². The van der Waals surface area contributed by atoms with Crippen LogP contribution in [0, 0.1) is 5.41 Å². The predicted octanol–water partition coefficient (Wildman–Crippen LogP) is 3.12. The summed E-state index contributed by atoms with van der Waals surface area (Å²) in [4.78, 5) is 11.7. The second-order valence-corrected chi connectivity index (χ2v) is 5.00. The first-order valence-corrected chi connectivity index (χ1v) is 5.72. The van der Waals surface area contributed by atoms with E-state index < -0.39 is 0 Å². The van der Waals surface area contributed by atoms with Crippen LogP contribution < -0.4 is 5.32 Å². The molecule has 0 spiro atoms. The third-order valence-electron chi connectivity index (χ3n) is 2.29. The highest BCUT2D eigenvalue weighted by Crippen LogP contribution is 2.14. The second kappa shape index (κ2) is 6.05.